The van der Waals surface area contributed by atoms with Crippen LogP contribution in [0.4, 0.5) is 0 Å². The first-order valence-corrected chi connectivity index (χ1v) is 7.54. The van der Waals surface area contributed by atoms with Crippen LogP contribution in [0.15, 0.2) is 24.3 Å². The quantitative estimate of drug-likeness (QED) is 0.577. The highest BCUT2D eigenvalue weighted by molar-refractivity contribution is 6.21. The summed E-state index contributed by atoms with van der Waals surface area (Å²) in [5.74, 6) is -0.791. The molecule has 3 rings (SSSR count). The Morgan fingerprint density at radius 2 is 1.57 bits per heavy atom. The lowest BCUT2D eigenvalue weighted by atomic mass is 10.1. The average molecular weight is 315 g/mol. The normalized spacial score (nSPS) is 17.5. The second kappa shape index (κ2) is 6.20. The van der Waals surface area contributed by atoms with Crippen LogP contribution in [0.3, 0.4) is 0 Å². The van der Waals surface area contributed by atoms with Gasteiger partial charge in [0.15, 0.2) is 0 Å². The van der Waals surface area contributed by atoms with E-state index in [-0.39, 0.29) is 30.7 Å². The molecule has 0 radical (unpaired) electrons. The van der Waals surface area contributed by atoms with Gasteiger partial charge in [0, 0.05) is 39.1 Å². The highest BCUT2D eigenvalue weighted by atomic mass is 16.2. The van der Waals surface area contributed by atoms with E-state index in [1.54, 1.807) is 34.1 Å². The average Bonchev–Trinajstić information content (AvgIpc) is 2.84. The Balaban J connectivity index is 1.57. The molecule has 1 fully saturated rings. The number of imide groups is 1. The van der Waals surface area contributed by atoms with Crippen LogP contribution in [0, 0.1) is 0 Å². The van der Waals surface area contributed by atoms with Crippen LogP contribution in [0.5, 0.6) is 0 Å². The molecule has 7 nitrogen and oxygen atoms in total. The van der Waals surface area contributed by atoms with E-state index in [1.165, 1.54) is 0 Å². The molecular formula is C16H17N3O4. The van der Waals surface area contributed by atoms with E-state index in [4.69, 9.17) is 0 Å². The van der Waals surface area contributed by atoms with Crippen molar-refractivity contribution in [1.82, 2.24) is 14.7 Å². The van der Waals surface area contributed by atoms with E-state index >= 15 is 0 Å². The van der Waals surface area contributed by atoms with Gasteiger partial charge in [-0.1, -0.05) is 12.1 Å². The van der Waals surface area contributed by atoms with Crippen LogP contribution in [-0.2, 0) is 9.59 Å². The maximum atomic E-state index is 12.2. The Morgan fingerprint density at radius 3 is 2.09 bits per heavy atom. The molecule has 0 atom stereocenters. The van der Waals surface area contributed by atoms with Gasteiger partial charge in [0.25, 0.3) is 11.8 Å². The van der Waals surface area contributed by atoms with Gasteiger partial charge in [-0.05, 0) is 12.1 Å². The monoisotopic (exact) mass is 315 g/mol. The van der Waals surface area contributed by atoms with Crippen molar-refractivity contribution in [2.75, 3.05) is 32.7 Å². The number of hydrogen-bond acceptors (Lipinski definition) is 4. The Hall–Kier alpha value is -2.70. The molecule has 1 aromatic rings. The second-order valence-electron chi connectivity index (χ2n) is 5.58. The smallest absolute Gasteiger partial charge is 0.261 e. The topological polar surface area (TPSA) is 78.0 Å². The van der Waals surface area contributed by atoms with Crippen LogP contribution in [0.1, 0.15) is 27.1 Å². The van der Waals surface area contributed by atoms with Crippen LogP contribution in [0.2, 0.25) is 0 Å². The van der Waals surface area contributed by atoms with Gasteiger partial charge < -0.3 is 9.80 Å². The Kier molecular flexibility index (Phi) is 4.10. The molecule has 0 N–H and O–H groups in total. The molecular weight excluding hydrogens is 298 g/mol. The van der Waals surface area contributed by atoms with E-state index < -0.39 is 0 Å². The molecule has 2 heterocycles. The van der Waals surface area contributed by atoms with Gasteiger partial charge in [-0.3, -0.25) is 24.1 Å². The first kappa shape index (κ1) is 15.2. The molecule has 0 aromatic heterocycles. The lowest BCUT2D eigenvalue weighted by Gasteiger charge is -2.32. The van der Waals surface area contributed by atoms with E-state index in [9.17, 15) is 19.2 Å². The highest BCUT2D eigenvalue weighted by Crippen LogP contribution is 2.22. The molecule has 0 spiro atoms. The molecule has 120 valence electrons. The summed E-state index contributed by atoms with van der Waals surface area (Å²) < 4.78 is 0. The number of rotatable bonds is 4. The lowest BCUT2D eigenvalue weighted by Crippen LogP contribution is -2.48. The summed E-state index contributed by atoms with van der Waals surface area (Å²) in [4.78, 5) is 51.7. The summed E-state index contributed by atoms with van der Waals surface area (Å²) in [6.07, 6.45) is 0.882. The molecule has 4 amide bonds. The Morgan fingerprint density at radius 1 is 1.00 bits per heavy atom. The number of nitrogens with zero attached hydrogens (tertiary/aromatic N) is 3. The lowest BCUT2D eigenvalue weighted by molar-refractivity contribution is -0.135. The van der Waals surface area contributed by atoms with Crippen LogP contribution < -0.4 is 0 Å². The van der Waals surface area contributed by atoms with E-state index in [0.717, 1.165) is 11.3 Å². The van der Waals surface area contributed by atoms with Crippen LogP contribution >= 0.6 is 0 Å². The molecule has 2 aliphatic heterocycles. The van der Waals surface area contributed by atoms with E-state index in [0.29, 0.717) is 37.3 Å². The minimum Gasteiger partial charge on any atom is -0.342 e. The van der Waals surface area contributed by atoms with Gasteiger partial charge in [0.2, 0.25) is 12.3 Å². The van der Waals surface area contributed by atoms with Gasteiger partial charge in [-0.25, -0.2) is 0 Å². The number of piperazine rings is 1. The van der Waals surface area contributed by atoms with Crippen molar-refractivity contribution in [3.63, 3.8) is 0 Å². The first-order valence-electron chi connectivity index (χ1n) is 7.54. The molecule has 1 saturated heterocycles. The third-order valence-electron chi connectivity index (χ3n) is 4.24. The fourth-order valence-corrected chi connectivity index (χ4v) is 2.88. The zero-order valence-corrected chi connectivity index (χ0v) is 12.6. The number of carbonyl (C=O) groups excluding carboxylic acids is 4. The van der Waals surface area contributed by atoms with Gasteiger partial charge in [0.1, 0.15) is 0 Å². The van der Waals surface area contributed by atoms with Crippen molar-refractivity contribution in [2.45, 2.75) is 6.42 Å². The summed E-state index contributed by atoms with van der Waals surface area (Å²) in [6, 6.07) is 6.67. The van der Waals surface area contributed by atoms with E-state index in [2.05, 4.69) is 0 Å². The highest BCUT2D eigenvalue weighted by Gasteiger charge is 2.35. The summed E-state index contributed by atoms with van der Waals surface area (Å²) in [6.45, 7) is 2.09. The maximum Gasteiger partial charge on any atom is 0.261 e. The van der Waals surface area contributed by atoms with E-state index in [1.807, 2.05) is 0 Å². The number of hydrogen-bond donors (Lipinski definition) is 0. The van der Waals surface area contributed by atoms with Crippen molar-refractivity contribution >= 4 is 24.1 Å². The number of benzene rings is 1. The third kappa shape index (κ3) is 2.81. The molecule has 0 unspecified atom stereocenters. The zero-order chi connectivity index (χ0) is 16.4. The number of amides is 4. The van der Waals surface area contributed by atoms with Gasteiger partial charge in [0.05, 0.1) is 11.1 Å². The van der Waals surface area contributed by atoms with Gasteiger partial charge in [-0.2, -0.15) is 0 Å². The molecule has 2 aliphatic rings. The Bertz CT molecular complexity index is 630. The van der Waals surface area contributed by atoms with Crippen molar-refractivity contribution in [3.05, 3.63) is 35.4 Å². The fraction of sp³-hybridized carbons (Fsp3) is 0.375. The summed E-state index contributed by atoms with van der Waals surface area (Å²) >= 11 is 0. The predicted octanol–water partition coefficient (Wildman–Crippen LogP) is -0.0267. The van der Waals surface area contributed by atoms with Gasteiger partial charge in [-0.15, -0.1) is 0 Å². The second-order valence-corrected chi connectivity index (χ2v) is 5.58. The van der Waals surface area contributed by atoms with Crippen LogP contribution in [0.25, 0.3) is 0 Å². The molecule has 23 heavy (non-hydrogen) atoms. The SMILES string of the molecule is O=CN1CCN(C(=O)CCN2C(=O)c3ccccc3C2=O)CC1. The summed E-state index contributed by atoms with van der Waals surface area (Å²) in [5, 5.41) is 0. The predicted molar refractivity (Wildman–Crippen MR) is 80.6 cm³/mol. The largest absolute Gasteiger partial charge is 0.342 e. The van der Waals surface area contributed by atoms with Crippen molar-refractivity contribution in [1.29, 1.82) is 0 Å². The molecule has 0 aliphatic carbocycles. The Labute approximate surface area is 133 Å². The van der Waals surface area contributed by atoms with Crippen molar-refractivity contribution < 1.29 is 19.2 Å². The number of fused-ring (bicyclic) bond motifs is 1. The number of carbonyl (C=O) groups is 4. The molecule has 0 bridgehead atoms. The zero-order valence-electron chi connectivity index (χ0n) is 12.6. The summed E-state index contributed by atoms with van der Waals surface area (Å²) in [5.41, 5.74) is 0.786. The maximum absolute atomic E-state index is 12.2. The minimum absolute atomic E-state index is 0.0824. The van der Waals surface area contributed by atoms with Crippen molar-refractivity contribution in [2.24, 2.45) is 0 Å². The standard InChI is InChI=1S/C16H17N3O4/c20-11-17-7-9-18(10-8-17)14(21)5-6-19-15(22)12-3-1-2-4-13(12)16(19)23/h1-4,11H,5-10H2. The first-order chi connectivity index (χ1) is 11.1. The third-order valence-corrected chi connectivity index (χ3v) is 4.24. The summed E-state index contributed by atoms with van der Waals surface area (Å²) in [7, 11) is 0. The van der Waals surface area contributed by atoms with Crippen LogP contribution in [-0.4, -0.2) is 71.6 Å². The van der Waals surface area contributed by atoms with Gasteiger partial charge >= 0.3 is 0 Å². The molecule has 0 saturated carbocycles. The fourth-order valence-electron chi connectivity index (χ4n) is 2.88. The van der Waals surface area contributed by atoms with Crippen molar-refractivity contribution in [3.8, 4) is 0 Å². The molecule has 7 heteroatoms. The molecule has 1 aromatic carbocycles. The minimum atomic E-state index is -0.343.